The third-order valence-electron chi connectivity index (χ3n) is 1.45. The minimum atomic E-state index is -0.483. The van der Waals surface area contributed by atoms with Crippen LogP contribution in [0.3, 0.4) is 0 Å². The molecule has 14 heavy (non-hydrogen) atoms. The van der Waals surface area contributed by atoms with Crippen LogP contribution >= 0.6 is 0 Å². The summed E-state index contributed by atoms with van der Waals surface area (Å²) in [6.45, 7) is -0.294. The first-order valence-electron chi connectivity index (χ1n) is 4.27. The van der Waals surface area contributed by atoms with Gasteiger partial charge in [-0.25, -0.2) is 4.79 Å². The summed E-state index contributed by atoms with van der Waals surface area (Å²) in [5, 5.41) is 8.38. The number of carbonyl (C=O) groups excluding carboxylic acids is 1. The molecule has 0 aliphatic heterocycles. The van der Waals surface area contributed by atoms with E-state index >= 15 is 0 Å². The maximum atomic E-state index is 10.9. The molecule has 76 valence electrons. The summed E-state index contributed by atoms with van der Waals surface area (Å²) in [4.78, 5) is 10.9. The fourth-order valence-corrected chi connectivity index (χ4v) is 0.860. The second kappa shape index (κ2) is 5.99. The number of ether oxygens (including phenoxy) is 2. The molecule has 0 amide bonds. The van der Waals surface area contributed by atoms with Crippen LogP contribution in [0.2, 0.25) is 0 Å². The zero-order chi connectivity index (χ0) is 10.2. The Kier molecular flexibility index (Phi) is 4.50. The Balaban J connectivity index is 2.24. The number of esters is 1. The van der Waals surface area contributed by atoms with E-state index in [-0.39, 0.29) is 19.8 Å². The van der Waals surface area contributed by atoms with Gasteiger partial charge >= 0.3 is 5.97 Å². The van der Waals surface area contributed by atoms with Crippen LogP contribution in [0.1, 0.15) is 0 Å². The van der Waals surface area contributed by atoms with Gasteiger partial charge in [0.1, 0.15) is 12.4 Å². The lowest BCUT2D eigenvalue weighted by Crippen LogP contribution is -2.16. The average Bonchev–Trinajstić information content (AvgIpc) is 2.25. The molecule has 4 nitrogen and oxygen atoms in total. The Labute approximate surface area is 82.1 Å². The molecule has 0 saturated carbocycles. The molecule has 0 saturated heterocycles. The van der Waals surface area contributed by atoms with Gasteiger partial charge in [0, 0.05) is 0 Å². The Bertz CT molecular complexity index is 271. The Morgan fingerprint density at radius 2 is 2.00 bits per heavy atom. The lowest BCUT2D eigenvalue weighted by atomic mass is 10.3. The minimum absolute atomic E-state index is 0.0109. The maximum Gasteiger partial charge on any atom is 0.344 e. The van der Waals surface area contributed by atoms with E-state index in [1.165, 1.54) is 0 Å². The van der Waals surface area contributed by atoms with E-state index in [0.29, 0.717) is 5.75 Å². The third-order valence-corrected chi connectivity index (χ3v) is 1.45. The van der Waals surface area contributed by atoms with Crippen molar-refractivity contribution in [3.05, 3.63) is 30.3 Å². The number of benzene rings is 1. The molecule has 0 atom stereocenters. The van der Waals surface area contributed by atoms with E-state index in [4.69, 9.17) is 9.84 Å². The molecule has 1 rings (SSSR count). The standard InChI is InChI=1S/C10H12O4/c11-6-7-13-10(12)8-14-9-4-2-1-3-5-9/h1-5,11H,6-8H2. The van der Waals surface area contributed by atoms with Crippen molar-refractivity contribution in [1.82, 2.24) is 0 Å². The van der Waals surface area contributed by atoms with Gasteiger partial charge in [0.05, 0.1) is 6.61 Å². The number of aliphatic hydroxyl groups excluding tert-OH is 1. The number of carbonyl (C=O) groups is 1. The zero-order valence-electron chi connectivity index (χ0n) is 7.68. The second-order valence-corrected chi connectivity index (χ2v) is 2.55. The molecule has 0 aliphatic rings. The lowest BCUT2D eigenvalue weighted by Gasteiger charge is -2.05. The lowest BCUT2D eigenvalue weighted by molar-refractivity contribution is -0.146. The predicted molar refractivity (Wildman–Crippen MR) is 50.0 cm³/mol. The summed E-state index contributed by atoms with van der Waals surface area (Å²) >= 11 is 0. The topological polar surface area (TPSA) is 55.8 Å². The van der Waals surface area contributed by atoms with Gasteiger partial charge in [0.15, 0.2) is 6.61 Å². The first-order chi connectivity index (χ1) is 6.83. The van der Waals surface area contributed by atoms with Crippen LogP contribution in [0.4, 0.5) is 0 Å². The van der Waals surface area contributed by atoms with Crippen LogP contribution < -0.4 is 4.74 Å². The summed E-state index contributed by atoms with van der Waals surface area (Å²) in [5.74, 6) is 0.136. The monoisotopic (exact) mass is 196 g/mol. The van der Waals surface area contributed by atoms with Gasteiger partial charge in [-0.3, -0.25) is 0 Å². The van der Waals surface area contributed by atoms with E-state index in [1.807, 2.05) is 18.2 Å². The molecular weight excluding hydrogens is 184 g/mol. The van der Waals surface area contributed by atoms with Gasteiger partial charge in [-0.1, -0.05) is 18.2 Å². The summed E-state index contributed by atoms with van der Waals surface area (Å²) in [6, 6.07) is 8.98. The molecular formula is C10H12O4. The predicted octanol–water partition coefficient (Wildman–Crippen LogP) is 0.601. The van der Waals surface area contributed by atoms with Crippen LogP contribution in [0.5, 0.6) is 5.75 Å². The third kappa shape index (κ3) is 3.91. The number of hydrogen-bond acceptors (Lipinski definition) is 4. The van der Waals surface area contributed by atoms with Crippen molar-refractivity contribution in [3.63, 3.8) is 0 Å². The fraction of sp³-hybridized carbons (Fsp3) is 0.300. The smallest absolute Gasteiger partial charge is 0.344 e. The van der Waals surface area contributed by atoms with Crippen molar-refractivity contribution in [3.8, 4) is 5.75 Å². The summed E-state index contributed by atoms with van der Waals surface area (Å²) < 4.78 is 9.71. The molecule has 0 unspecified atom stereocenters. The van der Waals surface area contributed by atoms with E-state index in [1.54, 1.807) is 12.1 Å². The van der Waals surface area contributed by atoms with Crippen molar-refractivity contribution in [1.29, 1.82) is 0 Å². The quantitative estimate of drug-likeness (QED) is 0.701. The van der Waals surface area contributed by atoms with Crippen molar-refractivity contribution in [2.75, 3.05) is 19.8 Å². The molecule has 0 aliphatic carbocycles. The highest BCUT2D eigenvalue weighted by Crippen LogP contribution is 2.07. The first-order valence-corrected chi connectivity index (χ1v) is 4.27. The van der Waals surface area contributed by atoms with E-state index in [9.17, 15) is 4.79 Å². The van der Waals surface area contributed by atoms with Crippen molar-refractivity contribution >= 4 is 5.97 Å². The summed E-state index contributed by atoms with van der Waals surface area (Å²) in [5.41, 5.74) is 0. The second-order valence-electron chi connectivity index (χ2n) is 2.55. The van der Waals surface area contributed by atoms with Gasteiger partial charge in [-0.15, -0.1) is 0 Å². The summed E-state index contributed by atoms with van der Waals surface area (Å²) in [6.07, 6.45) is 0. The molecule has 0 heterocycles. The molecule has 1 aromatic carbocycles. The average molecular weight is 196 g/mol. The van der Waals surface area contributed by atoms with E-state index < -0.39 is 5.97 Å². The summed E-state index contributed by atoms with van der Waals surface area (Å²) in [7, 11) is 0. The van der Waals surface area contributed by atoms with Crippen LogP contribution in [-0.4, -0.2) is 30.9 Å². The highest BCUT2D eigenvalue weighted by atomic mass is 16.6. The molecule has 4 heteroatoms. The molecule has 0 spiro atoms. The highest BCUT2D eigenvalue weighted by Gasteiger charge is 2.02. The molecule has 0 bridgehead atoms. The normalized spacial score (nSPS) is 9.50. The minimum Gasteiger partial charge on any atom is -0.482 e. The Morgan fingerprint density at radius 1 is 1.29 bits per heavy atom. The van der Waals surface area contributed by atoms with Gasteiger partial charge in [-0.2, -0.15) is 0 Å². The van der Waals surface area contributed by atoms with E-state index in [0.717, 1.165) is 0 Å². The highest BCUT2D eigenvalue weighted by molar-refractivity contribution is 5.71. The van der Waals surface area contributed by atoms with Gasteiger partial charge in [-0.05, 0) is 12.1 Å². The van der Waals surface area contributed by atoms with Crippen LogP contribution in [0.15, 0.2) is 30.3 Å². The molecule has 0 aromatic heterocycles. The first kappa shape index (κ1) is 10.5. The van der Waals surface area contributed by atoms with E-state index in [2.05, 4.69) is 4.74 Å². The SMILES string of the molecule is O=C(COc1ccccc1)OCCO. The number of para-hydroxylation sites is 1. The Morgan fingerprint density at radius 3 is 2.64 bits per heavy atom. The molecule has 1 N–H and O–H groups in total. The largest absolute Gasteiger partial charge is 0.482 e. The van der Waals surface area contributed by atoms with Crippen LogP contribution in [0, 0.1) is 0 Å². The zero-order valence-corrected chi connectivity index (χ0v) is 7.68. The Hall–Kier alpha value is -1.55. The van der Waals surface area contributed by atoms with Crippen molar-refractivity contribution in [2.24, 2.45) is 0 Å². The maximum absolute atomic E-state index is 10.9. The van der Waals surface area contributed by atoms with Crippen LogP contribution in [-0.2, 0) is 9.53 Å². The van der Waals surface area contributed by atoms with Gasteiger partial charge in [0.25, 0.3) is 0 Å². The number of rotatable bonds is 5. The number of hydrogen-bond donors (Lipinski definition) is 1. The van der Waals surface area contributed by atoms with Gasteiger partial charge < -0.3 is 14.6 Å². The van der Waals surface area contributed by atoms with Crippen LogP contribution in [0.25, 0.3) is 0 Å². The fourth-order valence-electron chi connectivity index (χ4n) is 0.860. The molecule has 0 fully saturated rings. The van der Waals surface area contributed by atoms with Gasteiger partial charge in [0.2, 0.25) is 0 Å². The molecule has 0 radical (unpaired) electrons. The number of aliphatic hydroxyl groups is 1. The van der Waals surface area contributed by atoms with Crippen molar-refractivity contribution < 1.29 is 19.4 Å². The molecule has 1 aromatic rings. The van der Waals surface area contributed by atoms with Crippen molar-refractivity contribution in [2.45, 2.75) is 0 Å².